The van der Waals surface area contributed by atoms with Crippen molar-refractivity contribution in [1.82, 2.24) is 19.6 Å². The van der Waals surface area contributed by atoms with Crippen molar-refractivity contribution in [2.45, 2.75) is 45.2 Å². The molecule has 0 saturated carbocycles. The van der Waals surface area contributed by atoms with Crippen LogP contribution in [0.2, 0.25) is 0 Å². The monoisotopic (exact) mass is 427 g/mol. The third-order valence-electron chi connectivity index (χ3n) is 4.92. The first-order valence-corrected chi connectivity index (χ1v) is 10.4. The maximum absolute atomic E-state index is 12.9. The molecule has 0 radical (unpaired) electrons. The Kier molecular flexibility index (Phi) is 7.74. The predicted molar refractivity (Wildman–Crippen MR) is 119 cm³/mol. The highest BCUT2D eigenvalue weighted by molar-refractivity contribution is 6.03. The summed E-state index contributed by atoms with van der Waals surface area (Å²) in [6.45, 7) is 3.72. The van der Waals surface area contributed by atoms with Crippen molar-refractivity contribution in [3.8, 4) is 0 Å². The minimum absolute atomic E-state index is 0.229. The Morgan fingerprint density at radius 1 is 1.13 bits per heavy atom. The predicted octanol–water partition coefficient (Wildman–Crippen LogP) is 2.13. The van der Waals surface area contributed by atoms with Crippen LogP contribution in [0.3, 0.4) is 0 Å². The number of carbonyl (C=O) groups excluding carboxylic acids is 1. The zero-order chi connectivity index (χ0) is 22.2. The van der Waals surface area contributed by atoms with Gasteiger partial charge >= 0.3 is 0 Å². The first kappa shape index (κ1) is 22.4. The van der Waals surface area contributed by atoms with Crippen molar-refractivity contribution in [2.24, 2.45) is 0 Å². The van der Waals surface area contributed by atoms with E-state index in [1.807, 2.05) is 0 Å². The molecule has 0 aliphatic carbocycles. The highest BCUT2D eigenvalue weighted by Crippen LogP contribution is 2.23. The second kappa shape index (κ2) is 10.7. The normalized spacial score (nSPS) is 12.2. The molecule has 5 N–H and O–H groups in total. The molecule has 0 aromatic carbocycles. The first-order chi connectivity index (χ1) is 15.1. The van der Waals surface area contributed by atoms with Gasteiger partial charge < -0.3 is 26.2 Å². The van der Waals surface area contributed by atoms with E-state index in [1.165, 1.54) is 10.7 Å². The van der Waals surface area contributed by atoms with Gasteiger partial charge in [-0.15, -0.1) is 5.10 Å². The standard InChI is InChI=1S/C21H29N7O3/c1-3-5-14(4-2)25-19-10-17(24-16(12-29)13-30)20-23-11-18(28(20)27-19)21(31)26-15-6-8-22-9-7-15/h6-11,14,16,24,29-30H,3-5,12-13H2,1-2H3,(H,25,27)(H,22,26,31). The third kappa shape index (κ3) is 5.47. The molecule has 0 aliphatic rings. The minimum atomic E-state index is -0.567. The largest absolute Gasteiger partial charge is 0.394 e. The highest BCUT2D eigenvalue weighted by Gasteiger charge is 2.19. The average molecular weight is 428 g/mol. The number of nitrogens with zero attached hydrogens (tertiary/aromatic N) is 4. The Balaban J connectivity index is 2.00. The summed E-state index contributed by atoms with van der Waals surface area (Å²) in [7, 11) is 0. The molecule has 0 spiro atoms. The maximum Gasteiger partial charge on any atom is 0.276 e. The van der Waals surface area contributed by atoms with Gasteiger partial charge in [-0.1, -0.05) is 20.3 Å². The van der Waals surface area contributed by atoms with Gasteiger partial charge in [0, 0.05) is 30.2 Å². The van der Waals surface area contributed by atoms with E-state index in [9.17, 15) is 15.0 Å². The van der Waals surface area contributed by atoms with Crippen LogP contribution in [0.5, 0.6) is 0 Å². The summed E-state index contributed by atoms with van der Waals surface area (Å²) in [6, 6.07) is 4.83. The van der Waals surface area contributed by atoms with E-state index in [0.29, 0.717) is 22.8 Å². The highest BCUT2D eigenvalue weighted by atomic mass is 16.3. The zero-order valence-corrected chi connectivity index (χ0v) is 17.7. The number of rotatable bonds is 11. The van der Waals surface area contributed by atoms with E-state index in [1.54, 1.807) is 30.6 Å². The van der Waals surface area contributed by atoms with Crippen molar-refractivity contribution < 1.29 is 15.0 Å². The van der Waals surface area contributed by atoms with Crippen molar-refractivity contribution >= 4 is 28.7 Å². The molecular weight excluding hydrogens is 398 g/mol. The van der Waals surface area contributed by atoms with Crippen molar-refractivity contribution in [1.29, 1.82) is 0 Å². The summed E-state index contributed by atoms with van der Waals surface area (Å²) in [4.78, 5) is 21.2. The molecule has 1 atom stereocenters. The summed E-state index contributed by atoms with van der Waals surface area (Å²) in [6.07, 6.45) is 7.56. The molecule has 0 bridgehead atoms. The number of hydrogen-bond donors (Lipinski definition) is 5. The Morgan fingerprint density at radius 3 is 2.52 bits per heavy atom. The lowest BCUT2D eigenvalue weighted by Gasteiger charge is -2.20. The molecule has 1 unspecified atom stereocenters. The quantitative estimate of drug-likeness (QED) is 0.314. The van der Waals surface area contributed by atoms with E-state index < -0.39 is 6.04 Å². The number of anilines is 3. The van der Waals surface area contributed by atoms with Gasteiger partial charge in [0.15, 0.2) is 11.3 Å². The van der Waals surface area contributed by atoms with Gasteiger partial charge in [-0.2, -0.15) is 0 Å². The van der Waals surface area contributed by atoms with Crippen LogP contribution in [-0.4, -0.2) is 61.0 Å². The molecule has 3 aromatic heterocycles. The second-order valence-electron chi connectivity index (χ2n) is 7.26. The van der Waals surface area contributed by atoms with Crippen molar-refractivity contribution in [3.05, 3.63) is 42.5 Å². The zero-order valence-electron chi connectivity index (χ0n) is 17.7. The molecule has 3 rings (SSSR count). The summed E-state index contributed by atoms with van der Waals surface area (Å²) >= 11 is 0. The van der Waals surface area contributed by atoms with Gasteiger partial charge in [-0.05, 0) is 25.0 Å². The van der Waals surface area contributed by atoms with E-state index in [4.69, 9.17) is 0 Å². The van der Waals surface area contributed by atoms with Gasteiger partial charge in [0.1, 0.15) is 5.82 Å². The van der Waals surface area contributed by atoms with E-state index in [0.717, 1.165) is 19.3 Å². The molecule has 3 aromatic rings. The molecule has 3 heterocycles. The van der Waals surface area contributed by atoms with Gasteiger partial charge in [-0.25, -0.2) is 9.50 Å². The smallest absolute Gasteiger partial charge is 0.276 e. The number of aromatic nitrogens is 4. The van der Waals surface area contributed by atoms with Crippen molar-refractivity contribution in [2.75, 3.05) is 29.2 Å². The van der Waals surface area contributed by atoms with Crippen LogP contribution >= 0.6 is 0 Å². The number of aliphatic hydroxyl groups is 2. The fourth-order valence-electron chi connectivity index (χ4n) is 3.24. The lowest BCUT2D eigenvalue weighted by molar-refractivity contribution is 0.102. The van der Waals surface area contributed by atoms with Gasteiger partial charge in [0.2, 0.25) is 0 Å². The Hall–Kier alpha value is -3.24. The van der Waals surface area contributed by atoms with Crippen LogP contribution < -0.4 is 16.0 Å². The number of carbonyl (C=O) groups is 1. The third-order valence-corrected chi connectivity index (χ3v) is 4.92. The fourth-order valence-corrected chi connectivity index (χ4v) is 3.24. The summed E-state index contributed by atoms with van der Waals surface area (Å²) < 4.78 is 1.46. The first-order valence-electron chi connectivity index (χ1n) is 10.4. The number of imidazole rings is 1. The molecule has 10 heteroatoms. The molecule has 31 heavy (non-hydrogen) atoms. The summed E-state index contributed by atoms with van der Waals surface area (Å²) in [5.74, 6) is 0.205. The van der Waals surface area contributed by atoms with E-state index in [-0.39, 0.29) is 30.9 Å². The molecule has 0 saturated heterocycles. The van der Waals surface area contributed by atoms with Crippen LogP contribution in [0, 0.1) is 0 Å². The summed E-state index contributed by atoms with van der Waals surface area (Å²) in [5, 5.41) is 32.9. The molecule has 0 aliphatic heterocycles. The number of pyridine rings is 1. The van der Waals surface area contributed by atoms with E-state index >= 15 is 0 Å². The maximum atomic E-state index is 12.9. The van der Waals surface area contributed by atoms with E-state index in [2.05, 4.69) is 44.9 Å². The Bertz CT molecular complexity index is 989. The van der Waals surface area contributed by atoms with Gasteiger partial charge in [0.25, 0.3) is 5.91 Å². The second-order valence-corrected chi connectivity index (χ2v) is 7.26. The van der Waals surface area contributed by atoms with Crippen LogP contribution in [0.25, 0.3) is 5.65 Å². The van der Waals surface area contributed by atoms with Gasteiger partial charge in [-0.3, -0.25) is 9.78 Å². The number of aliphatic hydroxyl groups excluding tert-OH is 2. The van der Waals surface area contributed by atoms with Crippen LogP contribution in [0.4, 0.5) is 17.2 Å². The van der Waals surface area contributed by atoms with Crippen LogP contribution in [-0.2, 0) is 0 Å². The van der Waals surface area contributed by atoms with Crippen molar-refractivity contribution in [3.63, 3.8) is 0 Å². The lowest BCUT2D eigenvalue weighted by Crippen LogP contribution is -2.28. The number of amides is 1. The van der Waals surface area contributed by atoms with Crippen LogP contribution in [0.15, 0.2) is 36.8 Å². The summed E-state index contributed by atoms with van der Waals surface area (Å²) in [5.41, 5.74) is 1.84. The number of fused-ring (bicyclic) bond motifs is 1. The minimum Gasteiger partial charge on any atom is -0.394 e. The SMILES string of the molecule is CCCC(CC)Nc1cc(NC(CO)CO)c2ncc(C(=O)Nc3ccncc3)n2n1. The Labute approximate surface area is 180 Å². The number of nitrogens with one attached hydrogen (secondary N) is 3. The molecule has 166 valence electrons. The topological polar surface area (TPSA) is 137 Å². The molecule has 1 amide bonds. The molecule has 10 nitrogen and oxygen atoms in total. The molecule has 0 fully saturated rings. The number of hydrogen-bond acceptors (Lipinski definition) is 8. The van der Waals surface area contributed by atoms with Crippen LogP contribution in [0.1, 0.15) is 43.6 Å². The fraction of sp³-hybridized carbons (Fsp3) is 0.429. The average Bonchev–Trinajstić information content (AvgIpc) is 3.22. The Morgan fingerprint density at radius 2 is 1.87 bits per heavy atom. The lowest BCUT2D eigenvalue weighted by atomic mass is 10.1. The van der Waals surface area contributed by atoms with Gasteiger partial charge in [0.05, 0.1) is 31.1 Å². The molecular formula is C21H29N7O3.